The number of anilines is 1. The summed E-state index contributed by atoms with van der Waals surface area (Å²) in [6.07, 6.45) is 0.924. The van der Waals surface area contributed by atoms with Gasteiger partial charge in [0.2, 0.25) is 11.0 Å². The molecule has 0 spiro atoms. The number of nitrogens with two attached hydrogens (primary N) is 1. The number of carbonyl (C=O) groups is 1. The number of rotatable bonds is 6. The first-order chi connectivity index (χ1) is 11.2. The number of benzene rings is 2. The van der Waals surface area contributed by atoms with Crippen LogP contribution in [0.25, 0.3) is 11.4 Å². The molecule has 6 heteroatoms. The lowest BCUT2D eigenvalue weighted by Crippen LogP contribution is -2.10. The maximum Gasteiger partial charge on any atom is 0.248 e. The summed E-state index contributed by atoms with van der Waals surface area (Å²) in [5.41, 5.74) is 7.81. The van der Waals surface area contributed by atoms with Crippen LogP contribution < -0.4 is 11.1 Å². The molecule has 0 aliphatic heterocycles. The second kappa shape index (κ2) is 7.02. The lowest BCUT2D eigenvalue weighted by atomic mass is 10.1. The third-order valence-corrected chi connectivity index (χ3v) is 4.04. The molecule has 0 fully saturated rings. The van der Waals surface area contributed by atoms with Gasteiger partial charge in [-0.1, -0.05) is 42.5 Å². The second-order valence-corrected chi connectivity index (χ2v) is 5.78. The van der Waals surface area contributed by atoms with Crippen LogP contribution >= 0.6 is 11.5 Å². The van der Waals surface area contributed by atoms with E-state index in [1.165, 1.54) is 17.1 Å². The largest absolute Gasteiger partial charge is 0.366 e. The monoisotopic (exact) mass is 324 g/mol. The summed E-state index contributed by atoms with van der Waals surface area (Å²) in [6, 6.07) is 17.3. The number of hydrogen-bond acceptors (Lipinski definition) is 5. The summed E-state index contributed by atoms with van der Waals surface area (Å²) in [7, 11) is 0. The molecular formula is C17H16N4OS. The first-order valence-electron chi connectivity index (χ1n) is 7.24. The molecule has 0 aliphatic rings. The molecule has 3 aromatic rings. The minimum absolute atomic E-state index is 0.455. The molecule has 1 amide bonds. The van der Waals surface area contributed by atoms with E-state index in [-0.39, 0.29) is 0 Å². The van der Waals surface area contributed by atoms with E-state index < -0.39 is 5.91 Å². The number of hydrogen-bond donors (Lipinski definition) is 2. The molecule has 2 aromatic carbocycles. The fraction of sp³-hybridized carbons (Fsp3) is 0.118. The molecule has 0 saturated heterocycles. The summed E-state index contributed by atoms with van der Waals surface area (Å²) in [4.78, 5) is 15.7. The van der Waals surface area contributed by atoms with E-state index in [0.29, 0.717) is 11.4 Å². The van der Waals surface area contributed by atoms with Gasteiger partial charge in [0.25, 0.3) is 0 Å². The van der Waals surface area contributed by atoms with Gasteiger partial charge < -0.3 is 11.1 Å². The van der Waals surface area contributed by atoms with E-state index >= 15 is 0 Å². The Morgan fingerprint density at radius 3 is 2.74 bits per heavy atom. The van der Waals surface area contributed by atoms with Crippen molar-refractivity contribution in [3.63, 3.8) is 0 Å². The number of primary amides is 1. The quantitative estimate of drug-likeness (QED) is 0.730. The highest BCUT2D eigenvalue weighted by Gasteiger charge is 2.08. The van der Waals surface area contributed by atoms with Gasteiger partial charge in [0.15, 0.2) is 5.82 Å². The van der Waals surface area contributed by atoms with Crippen molar-refractivity contribution < 1.29 is 4.79 Å². The van der Waals surface area contributed by atoms with Crippen LogP contribution in [0.15, 0.2) is 54.6 Å². The lowest BCUT2D eigenvalue weighted by molar-refractivity contribution is 0.100. The Bertz CT molecular complexity index is 801. The van der Waals surface area contributed by atoms with Crippen molar-refractivity contribution >= 4 is 22.6 Å². The van der Waals surface area contributed by atoms with Gasteiger partial charge in [-0.05, 0) is 24.1 Å². The Hall–Kier alpha value is -2.73. The van der Waals surface area contributed by atoms with Crippen molar-refractivity contribution in [1.29, 1.82) is 0 Å². The zero-order chi connectivity index (χ0) is 16.1. The van der Waals surface area contributed by atoms with Gasteiger partial charge in [-0.25, -0.2) is 0 Å². The summed E-state index contributed by atoms with van der Waals surface area (Å²) < 4.78 is 4.33. The average Bonchev–Trinajstić information content (AvgIpc) is 3.05. The molecule has 0 saturated carbocycles. The van der Waals surface area contributed by atoms with E-state index in [4.69, 9.17) is 5.73 Å². The third kappa shape index (κ3) is 3.92. The standard InChI is InChI=1S/C17H16N4OS/c18-15(22)13-7-4-8-14(11-13)16-20-17(23-21-16)19-10-9-12-5-2-1-3-6-12/h1-8,11H,9-10H2,(H2,18,22)(H,19,20,21). The van der Waals surface area contributed by atoms with Gasteiger partial charge >= 0.3 is 0 Å². The Morgan fingerprint density at radius 1 is 1.13 bits per heavy atom. The van der Waals surface area contributed by atoms with Crippen molar-refractivity contribution in [3.05, 3.63) is 65.7 Å². The average molecular weight is 324 g/mol. The van der Waals surface area contributed by atoms with E-state index in [0.717, 1.165) is 23.7 Å². The minimum atomic E-state index is -0.455. The van der Waals surface area contributed by atoms with Crippen LogP contribution in [0.3, 0.4) is 0 Å². The molecule has 0 radical (unpaired) electrons. The van der Waals surface area contributed by atoms with Crippen LogP contribution in [0.2, 0.25) is 0 Å². The summed E-state index contributed by atoms with van der Waals surface area (Å²) in [5.74, 6) is 0.142. The number of nitrogens with zero attached hydrogens (tertiary/aromatic N) is 2. The molecule has 0 atom stereocenters. The third-order valence-electron chi connectivity index (χ3n) is 3.36. The number of nitrogens with one attached hydrogen (secondary N) is 1. The van der Waals surface area contributed by atoms with Crippen molar-refractivity contribution in [2.75, 3.05) is 11.9 Å². The predicted octanol–water partition coefficient (Wildman–Crippen LogP) is 2.96. The highest BCUT2D eigenvalue weighted by atomic mass is 32.1. The molecule has 1 heterocycles. The number of amides is 1. The second-order valence-electron chi connectivity index (χ2n) is 5.03. The van der Waals surface area contributed by atoms with Crippen molar-refractivity contribution in [2.24, 2.45) is 5.73 Å². The summed E-state index contributed by atoms with van der Waals surface area (Å²) in [5, 5.41) is 4.04. The lowest BCUT2D eigenvalue weighted by Gasteiger charge is -2.02. The van der Waals surface area contributed by atoms with Gasteiger partial charge in [-0.2, -0.15) is 9.36 Å². The van der Waals surface area contributed by atoms with E-state index in [1.807, 2.05) is 24.3 Å². The fourth-order valence-electron chi connectivity index (χ4n) is 2.18. The predicted molar refractivity (Wildman–Crippen MR) is 92.5 cm³/mol. The molecule has 23 heavy (non-hydrogen) atoms. The molecule has 0 bridgehead atoms. The topological polar surface area (TPSA) is 80.9 Å². The maximum atomic E-state index is 11.2. The Labute approximate surface area is 138 Å². The van der Waals surface area contributed by atoms with Crippen molar-refractivity contribution in [3.8, 4) is 11.4 Å². The summed E-state index contributed by atoms with van der Waals surface area (Å²) >= 11 is 1.31. The Morgan fingerprint density at radius 2 is 1.96 bits per heavy atom. The van der Waals surface area contributed by atoms with Crippen molar-refractivity contribution in [2.45, 2.75) is 6.42 Å². The van der Waals surface area contributed by atoms with Gasteiger partial charge in [0, 0.05) is 29.2 Å². The molecule has 3 N–H and O–H groups in total. The van der Waals surface area contributed by atoms with Gasteiger partial charge in [0.05, 0.1) is 0 Å². The van der Waals surface area contributed by atoms with Gasteiger partial charge in [-0.15, -0.1) is 0 Å². The van der Waals surface area contributed by atoms with E-state index in [1.54, 1.807) is 18.2 Å². The Balaban J connectivity index is 1.64. The molecule has 3 rings (SSSR count). The summed E-state index contributed by atoms with van der Waals surface area (Å²) in [6.45, 7) is 0.792. The number of aromatic nitrogens is 2. The van der Waals surface area contributed by atoms with Crippen LogP contribution in [-0.2, 0) is 6.42 Å². The molecule has 0 aliphatic carbocycles. The van der Waals surface area contributed by atoms with Crippen LogP contribution in [-0.4, -0.2) is 21.8 Å². The zero-order valence-electron chi connectivity index (χ0n) is 12.4. The van der Waals surface area contributed by atoms with Crippen LogP contribution in [0.4, 0.5) is 5.13 Å². The fourth-order valence-corrected chi connectivity index (χ4v) is 2.80. The normalized spacial score (nSPS) is 10.4. The first-order valence-corrected chi connectivity index (χ1v) is 8.01. The molecule has 5 nitrogen and oxygen atoms in total. The van der Waals surface area contributed by atoms with Gasteiger partial charge in [0.1, 0.15) is 0 Å². The maximum absolute atomic E-state index is 11.2. The molecule has 0 unspecified atom stereocenters. The highest BCUT2D eigenvalue weighted by molar-refractivity contribution is 7.09. The van der Waals surface area contributed by atoms with Crippen LogP contribution in [0, 0.1) is 0 Å². The molecule has 1 aromatic heterocycles. The number of carbonyl (C=O) groups excluding carboxylic acids is 1. The van der Waals surface area contributed by atoms with Crippen molar-refractivity contribution in [1.82, 2.24) is 9.36 Å². The van der Waals surface area contributed by atoms with E-state index in [2.05, 4.69) is 26.8 Å². The van der Waals surface area contributed by atoms with Crippen LogP contribution in [0.1, 0.15) is 15.9 Å². The van der Waals surface area contributed by atoms with Crippen LogP contribution in [0.5, 0.6) is 0 Å². The van der Waals surface area contributed by atoms with E-state index in [9.17, 15) is 4.79 Å². The SMILES string of the molecule is NC(=O)c1cccc(-c2nsc(NCCc3ccccc3)n2)c1. The Kier molecular flexibility index (Phi) is 4.63. The molecular weight excluding hydrogens is 308 g/mol. The molecule has 116 valence electrons. The smallest absolute Gasteiger partial charge is 0.248 e. The highest BCUT2D eigenvalue weighted by Crippen LogP contribution is 2.22. The zero-order valence-corrected chi connectivity index (χ0v) is 13.2. The minimum Gasteiger partial charge on any atom is -0.366 e. The first kappa shape index (κ1) is 15.2. The van der Waals surface area contributed by atoms with Gasteiger partial charge in [-0.3, -0.25) is 4.79 Å².